The van der Waals surface area contributed by atoms with Gasteiger partial charge in [-0.2, -0.15) is 0 Å². The molecule has 124 valence electrons. The second kappa shape index (κ2) is 6.57. The molecule has 0 saturated heterocycles. The molecule has 1 atom stereocenters. The van der Waals surface area contributed by atoms with Gasteiger partial charge in [0.2, 0.25) is 5.88 Å². The number of carbonyl (C=O) groups excluding carboxylic acids is 2. The zero-order chi connectivity index (χ0) is 17.1. The summed E-state index contributed by atoms with van der Waals surface area (Å²) >= 11 is 0. The summed E-state index contributed by atoms with van der Waals surface area (Å²) in [7, 11) is 0. The summed E-state index contributed by atoms with van der Waals surface area (Å²) in [6, 6.07) is 8.35. The Morgan fingerprint density at radius 2 is 2.21 bits per heavy atom. The first-order valence-corrected chi connectivity index (χ1v) is 7.58. The highest BCUT2D eigenvalue weighted by molar-refractivity contribution is 6.05. The first kappa shape index (κ1) is 15.8. The van der Waals surface area contributed by atoms with Gasteiger partial charge in [0.1, 0.15) is 5.75 Å². The highest BCUT2D eigenvalue weighted by Crippen LogP contribution is 2.32. The van der Waals surface area contributed by atoms with E-state index in [4.69, 9.17) is 9.47 Å². The third-order valence-corrected chi connectivity index (χ3v) is 3.46. The molecule has 2 N–H and O–H groups in total. The van der Waals surface area contributed by atoms with E-state index in [0.29, 0.717) is 35.2 Å². The van der Waals surface area contributed by atoms with E-state index in [0.717, 1.165) is 0 Å². The normalized spacial score (nSPS) is 15.8. The number of hydrogen-bond acceptors (Lipinski definition) is 5. The van der Waals surface area contributed by atoms with Gasteiger partial charge in [-0.25, -0.2) is 4.98 Å². The number of pyridine rings is 1. The van der Waals surface area contributed by atoms with Crippen LogP contribution in [-0.4, -0.2) is 29.5 Å². The van der Waals surface area contributed by atoms with Crippen molar-refractivity contribution in [1.82, 2.24) is 4.98 Å². The molecule has 0 fully saturated rings. The molecule has 1 unspecified atom stereocenters. The lowest BCUT2D eigenvalue weighted by molar-refractivity contribution is -0.122. The average molecular weight is 327 g/mol. The summed E-state index contributed by atoms with van der Waals surface area (Å²) in [5, 5.41) is 5.50. The van der Waals surface area contributed by atoms with Crippen molar-refractivity contribution in [2.75, 3.05) is 17.2 Å². The second-order valence-electron chi connectivity index (χ2n) is 5.23. The van der Waals surface area contributed by atoms with Crippen LogP contribution in [0.3, 0.4) is 0 Å². The Balaban J connectivity index is 1.73. The monoisotopic (exact) mass is 327 g/mol. The van der Waals surface area contributed by atoms with Crippen LogP contribution in [0.5, 0.6) is 11.6 Å². The molecule has 7 nitrogen and oxygen atoms in total. The highest BCUT2D eigenvalue weighted by atomic mass is 16.5. The minimum absolute atomic E-state index is 0.221. The smallest absolute Gasteiger partial charge is 0.265 e. The van der Waals surface area contributed by atoms with Gasteiger partial charge in [-0.05, 0) is 38.1 Å². The van der Waals surface area contributed by atoms with Crippen LogP contribution in [0.1, 0.15) is 24.2 Å². The molecule has 0 radical (unpaired) electrons. The zero-order valence-corrected chi connectivity index (χ0v) is 13.3. The second-order valence-corrected chi connectivity index (χ2v) is 5.23. The number of benzene rings is 1. The molecule has 0 spiro atoms. The van der Waals surface area contributed by atoms with Gasteiger partial charge in [-0.15, -0.1) is 0 Å². The van der Waals surface area contributed by atoms with E-state index in [-0.39, 0.29) is 11.8 Å². The van der Waals surface area contributed by atoms with Crippen LogP contribution >= 0.6 is 0 Å². The third-order valence-electron chi connectivity index (χ3n) is 3.46. The Kier molecular flexibility index (Phi) is 4.33. The fourth-order valence-electron chi connectivity index (χ4n) is 2.24. The number of nitrogens with one attached hydrogen (secondary N) is 2. The molecule has 1 aliphatic heterocycles. The number of nitrogens with zero attached hydrogens (tertiary/aromatic N) is 1. The lowest BCUT2D eigenvalue weighted by Crippen LogP contribution is -2.34. The van der Waals surface area contributed by atoms with Gasteiger partial charge in [0.05, 0.1) is 17.9 Å². The summed E-state index contributed by atoms with van der Waals surface area (Å²) in [5.74, 6) is 0.517. The quantitative estimate of drug-likeness (QED) is 0.900. The fourth-order valence-corrected chi connectivity index (χ4v) is 2.24. The SMILES string of the molecule is CCOc1ccc(C(=O)Nc2ccc3c(c2)NC(=O)C(C)O3)cn1. The molecule has 0 saturated carbocycles. The minimum atomic E-state index is -0.534. The molecule has 24 heavy (non-hydrogen) atoms. The van der Waals surface area contributed by atoms with E-state index < -0.39 is 6.10 Å². The first-order valence-electron chi connectivity index (χ1n) is 7.58. The van der Waals surface area contributed by atoms with Gasteiger partial charge >= 0.3 is 0 Å². The van der Waals surface area contributed by atoms with Crippen molar-refractivity contribution in [3.8, 4) is 11.6 Å². The predicted octanol–water partition coefficient (Wildman–Crippen LogP) is 2.45. The zero-order valence-electron chi connectivity index (χ0n) is 13.3. The lowest BCUT2D eigenvalue weighted by Gasteiger charge is -2.23. The van der Waals surface area contributed by atoms with Crippen LogP contribution in [0, 0.1) is 0 Å². The number of carbonyl (C=O) groups is 2. The van der Waals surface area contributed by atoms with E-state index in [2.05, 4.69) is 15.6 Å². The fraction of sp³-hybridized carbons (Fsp3) is 0.235. The van der Waals surface area contributed by atoms with E-state index in [1.807, 2.05) is 6.92 Å². The maximum absolute atomic E-state index is 12.3. The summed E-state index contributed by atoms with van der Waals surface area (Å²) in [6.07, 6.45) is 0.915. The summed E-state index contributed by atoms with van der Waals surface area (Å²) in [6.45, 7) is 4.05. The molecule has 2 aromatic rings. The number of rotatable bonds is 4. The number of amides is 2. The molecule has 2 amide bonds. The lowest BCUT2D eigenvalue weighted by atomic mass is 10.2. The number of ether oxygens (including phenoxy) is 2. The summed E-state index contributed by atoms with van der Waals surface area (Å²) in [4.78, 5) is 28.0. The Labute approximate surface area is 139 Å². The van der Waals surface area contributed by atoms with Crippen molar-refractivity contribution in [2.45, 2.75) is 20.0 Å². The van der Waals surface area contributed by atoms with Crippen molar-refractivity contribution in [2.24, 2.45) is 0 Å². The molecule has 1 aromatic heterocycles. The van der Waals surface area contributed by atoms with Gasteiger partial charge in [0, 0.05) is 18.0 Å². The van der Waals surface area contributed by atoms with Crippen LogP contribution in [0.4, 0.5) is 11.4 Å². The van der Waals surface area contributed by atoms with Gasteiger partial charge in [-0.1, -0.05) is 0 Å². The molecule has 0 aliphatic carbocycles. The van der Waals surface area contributed by atoms with Gasteiger partial charge in [-0.3, -0.25) is 9.59 Å². The molecule has 3 rings (SSSR count). The van der Waals surface area contributed by atoms with Gasteiger partial charge < -0.3 is 20.1 Å². The van der Waals surface area contributed by atoms with Crippen LogP contribution in [0.2, 0.25) is 0 Å². The van der Waals surface area contributed by atoms with Crippen molar-refractivity contribution < 1.29 is 19.1 Å². The Morgan fingerprint density at radius 3 is 2.92 bits per heavy atom. The van der Waals surface area contributed by atoms with Crippen molar-refractivity contribution >= 4 is 23.2 Å². The van der Waals surface area contributed by atoms with Crippen LogP contribution in [0.25, 0.3) is 0 Å². The number of fused-ring (bicyclic) bond motifs is 1. The van der Waals surface area contributed by atoms with E-state index >= 15 is 0 Å². The van der Waals surface area contributed by atoms with Gasteiger partial charge in [0.25, 0.3) is 11.8 Å². The van der Waals surface area contributed by atoms with Crippen molar-refractivity contribution in [3.05, 3.63) is 42.1 Å². The topological polar surface area (TPSA) is 89.6 Å². The maximum atomic E-state index is 12.3. The number of anilines is 2. The molecule has 0 bridgehead atoms. The first-order chi connectivity index (χ1) is 11.6. The van der Waals surface area contributed by atoms with Crippen LogP contribution in [-0.2, 0) is 4.79 Å². The largest absolute Gasteiger partial charge is 0.479 e. The molecule has 2 heterocycles. The van der Waals surface area contributed by atoms with E-state index in [1.165, 1.54) is 6.20 Å². The minimum Gasteiger partial charge on any atom is -0.479 e. The van der Waals surface area contributed by atoms with E-state index in [1.54, 1.807) is 37.3 Å². The van der Waals surface area contributed by atoms with Crippen LogP contribution < -0.4 is 20.1 Å². The van der Waals surface area contributed by atoms with E-state index in [9.17, 15) is 9.59 Å². The summed E-state index contributed by atoms with van der Waals surface area (Å²) in [5.41, 5.74) is 1.48. The Hall–Kier alpha value is -3.09. The summed E-state index contributed by atoms with van der Waals surface area (Å²) < 4.78 is 10.7. The van der Waals surface area contributed by atoms with Crippen LogP contribution in [0.15, 0.2) is 36.5 Å². The third kappa shape index (κ3) is 3.29. The Bertz CT molecular complexity index is 774. The molecule has 1 aliphatic rings. The predicted molar refractivity (Wildman–Crippen MR) is 88.5 cm³/mol. The van der Waals surface area contributed by atoms with Gasteiger partial charge in [0.15, 0.2) is 6.10 Å². The molecule has 1 aromatic carbocycles. The standard InChI is InChI=1S/C17H17N3O4/c1-3-23-15-7-4-11(9-18-15)17(22)19-12-5-6-14-13(8-12)20-16(21)10(2)24-14/h4-10H,3H2,1-2H3,(H,19,22)(H,20,21). The number of aromatic nitrogens is 1. The maximum Gasteiger partial charge on any atom is 0.265 e. The highest BCUT2D eigenvalue weighted by Gasteiger charge is 2.23. The molecule has 7 heteroatoms. The Morgan fingerprint density at radius 1 is 1.38 bits per heavy atom. The van der Waals surface area contributed by atoms with Crippen molar-refractivity contribution in [1.29, 1.82) is 0 Å². The molecular formula is C17H17N3O4. The molecular weight excluding hydrogens is 310 g/mol. The average Bonchev–Trinajstić information content (AvgIpc) is 2.57. The number of hydrogen-bond donors (Lipinski definition) is 2. The van der Waals surface area contributed by atoms with Crippen molar-refractivity contribution in [3.63, 3.8) is 0 Å².